The number of esters is 1. The van der Waals surface area contributed by atoms with Crippen molar-refractivity contribution in [3.63, 3.8) is 0 Å². The van der Waals surface area contributed by atoms with Gasteiger partial charge in [0.2, 0.25) is 5.91 Å². The molecule has 1 unspecified atom stereocenters. The maximum absolute atomic E-state index is 12.1. The summed E-state index contributed by atoms with van der Waals surface area (Å²) >= 11 is 0. The van der Waals surface area contributed by atoms with E-state index in [0.29, 0.717) is 12.5 Å². The summed E-state index contributed by atoms with van der Waals surface area (Å²) < 4.78 is 4.47. The van der Waals surface area contributed by atoms with Crippen molar-refractivity contribution in [2.75, 3.05) is 13.7 Å². The van der Waals surface area contributed by atoms with Gasteiger partial charge in [0.15, 0.2) is 0 Å². The van der Waals surface area contributed by atoms with Crippen molar-refractivity contribution < 1.29 is 24.2 Å². The number of rotatable bonds is 7. The average Bonchev–Trinajstić information content (AvgIpc) is 2.50. The van der Waals surface area contributed by atoms with Gasteiger partial charge in [-0.25, -0.2) is 4.79 Å². The second-order valence-electron chi connectivity index (χ2n) is 5.47. The zero-order chi connectivity index (χ0) is 15.8. The normalized spacial score (nSPS) is 23.1. The van der Waals surface area contributed by atoms with Crippen molar-refractivity contribution >= 4 is 17.8 Å². The second kappa shape index (κ2) is 8.61. The fourth-order valence-corrected chi connectivity index (χ4v) is 2.57. The Morgan fingerprint density at radius 3 is 2.38 bits per heavy atom. The van der Waals surface area contributed by atoms with Gasteiger partial charge in [-0.2, -0.15) is 0 Å². The van der Waals surface area contributed by atoms with Gasteiger partial charge in [-0.05, 0) is 44.6 Å². The van der Waals surface area contributed by atoms with Crippen LogP contribution in [0.5, 0.6) is 0 Å². The van der Waals surface area contributed by atoms with Gasteiger partial charge in [0.05, 0.1) is 7.11 Å². The van der Waals surface area contributed by atoms with Gasteiger partial charge in [-0.15, -0.1) is 0 Å². The standard InChI is InChI=1S/C14H24N2O5/c1-21-12(17)7-6-11(14(19)20)16-13(18)10-4-2-9(8-15)3-5-10/h9-11H,2-8,15H2,1H3,(H,16,18)(H,19,20). The van der Waals surface area contributed by atoms with E-state index in [1.807, 2.05) is 0 Å². The van der Waals surface area contributed by atoms with E-state index < -0.39 is 18.0 Å². The first-order valence-electron chi connectivity index (χ1n) is 7.28. The van der Waals surface area contributed by atoms with Gasteiger partial charge < -0.3 is 20.9 Å². The smallest absolute Gasteiger partial charge is 0.326 e. The largest absolute Gasteiger partial charge is 0.480 e. The molecule has 7 nitrogen and oxygen atoms in total. The first kappa shape index (κ1) is 17.4. The first-order chi connectivity index (χ1) is 9.97. The highest BCUT2D eigenvalue weighted by atomic mass is 16.5. The van der Waals surface area contributed by atoms with Crippen molar-refractivity contribution in [3.05, 3.63) is 0 Å². The molecule has 7 heteroatoms. The number of nitrogens with one attached hydrogen (secondary N) is 1. The van der Waals surface area contributed by atoms with Gasteiger partial charge in [0.25, 0.3) is 0 Å². The number of nitrogens with two attached hydrogens (primary N) is 1. The molecule has 1 aliphatic carbocycles. The summed E-state index contributed by atoms with van der Waals surface area (Å²) in [5.74, 6) is -1.57. The maximum Gasteiger partial charge on any atom is 0.326 e. The third-order valence-electron chi connectivity index (χ3n) is 4.03. The van der Waals surface area contributed by atoms with E-state index in [-0.39, 0.29) is 24.7 Å². The predicted molar refractivity (Wildman–Crippen MR) is 75.3 cm³/mol. The number of carboxylic acid groups (broad SMARTS) is 1. The molecule has 21 heavy (non-hydrogen) atoms. The molecule has 0 heterocycles. The van der Waals surface area contributed by atoms with Crippen molar-refractivity contribution in [2.24, 2.45) is 17.6 Å². The van der Waals surface area contributed by atoms with E-state index in [0.717, 1.165) is 25.7 Å². The maximum atomic E-state index is 12.1. The van der Waals surface area contributed by atoms with Gasteiger partial charge in [-0.3, -0.25) is 9.59 Å². The lowest BCUT2D eigenvalue weighted by atomic mass is 9.81. The molecule has 0 aromatic carbocycles. The zero-order valence-corrected chi connectivity index (χ0v) is 12.3. The number of carbonyl (C=O) groups is 3. The van der Waals surface area contributed by atoms with Crippen LogP contribution in [0.3, 0.4) is 0 Å². The van der Waals surface area contributed by atoms with Crippen LogP contribution in [0.4, 0.5) is 0 Å². The van der Waals surface area contributed by atoms with Crippen LogP contribution < -0.4 is 11.1 Å². The monoisotopic (exact) mass is 300 g/mol. The minimum absolute atomic E-state index is 0.0336. The van der Waals surface area contributed by atoms with E-state index in [9.17, 15) is 14.4 Å². The molecule has 1 atom stereocenters. The third kappa shape index (κ3) is 5.71. The molecule has 1 saturated carbocycles. The number of hydrogen-bond acceptors (Lipinski definition) is 5. The number of carbonyl (C=O) groups excluding carboxylic acids is 2. The molecule has 0 saturated heterocycles. The Bertz CT molecular complexity index is 378. The molecular formula is C14H24N2O5. The van der Waals surface area contributed by atoms with Crippen molar-refractivity contribution in [1.29, 1.82) is 0 Å². The minimum atomic E-state index is -1.14. The lowest BCUT2D eigenvalue weighted by Crippen LogP contribution is -2.44. The Morgan fingerprint density at radius 1 is 1.29 bits per heavy atom. The molecule has 0 aliphatic heterocycles. The number of amides is 1. The molecule has 0 aromatic heterocycles. The van der Waals surface area contributed by atoms with Crippen molar-refractivity contribution in [2.45, 2.75) is 44.6 Å². The number of carboxylic acids is 1. The fraction of sp³-hybridized carbons (Fsp3) is 0.786. The Labute approximate surface area is 124 Å². The van der Waals surface area contributed by atoms with E-state index in [2.05, 4.69) is 10.1 Å². The van der Waals surface area contributed by atoms with E-state index in [1.165, 1.54) is 7.11 Å². The highest BCUT2D eigenvalue weighted by Gasteiger charge is 2.29. The quantitative estimate of drug-likeness (QED) is 0.581. The van der Waals surface area contributed by atoms with E-state index in [1.54, 1.807) is 0 Å². The predicted octanol–water partition coefficient (Wildman–Crippen LogP) is 0.274. The molecule has 1 fully saturated rings. The Morgan fingerprint density at radius 2 is 1.90 bits per heavy atom. The van der Waals surface area contributed by atoms with Gasteiger partial charge in [0.1, 0.15) is 6.04 Å². The summed E-state index contributed by atoms with van der Waals surface area (Å²) in [5, 5.41) is 11.6. The molecule has 120 valence electrons. The fourth-order valence-electron chi connectivity index (χ4n) is 2.57. The molecule has 1 amide bonds. The molecule has 1 aliphatic rings. The second-order valence-corrected chi connectivity index (χ2v) is 5.47. The van der Waals surface area contributed by atoms with Crippen LogP contribution in [-0.4, -0.2) is 42.6 Å². The van der Waals surface area contributed by atoms with Crippen LogP contribution >= 0.6 is 0 Å². The van der Waals surface area contributed by atoms with E-state index in [4.69, 9.17) is 10.8 Å². The topological polar surface area (TPSA) is 119 Å². The van der Waals surface area contributed by atoms with Crippen molar-refractivity contribution in [1.82, 2.24) is 5.32 Å². The molecule has 0 spiro atoms. The summed E-state index contributed by atoms with van der Waals surface area (Å²) in [6.45, 7) is 0.630. The highest BCUT2D eigenvalue weighted by molar-refractivity contribution is 5.85. The Balaban J connectivity index is 2.45. The zero-order valence-electron chi connectivity index (χ0n) is 12.3. The van der Waals surface area contributed by atoms with Crippen molar-refractivity contribution in [3.8, 4) is 0 Å². The number of hydrogen-bond donors (Lipinski definition) is 3. The summed E-state index contributed by atoms with van der Waals surface area (Å²) in [6.07, 6.45) is 3.26. The highest BCUT2D eigenvalue weighted by Crippen LogP contribution is 2.28. The van der Waals surface area contributed by atoms with Crippen LogP contribution in [0.15, 0.2) is 0 Å². The molecule has 0 radical (unpaired) electrons. The SMILES string of the molecule is COC(=O)CCC(NC(=O)C1CCC(CN)CC1)C(=O)O. The number of methoxy groups -OCH3 is 1. The average molecular weight is 300 g/mol. The van der Waals surface area contributed by atoms with E-state index >= 15 is 0 Å². The summed E-state index contributed by atoms with van der Waals surface area (Å²) in [4.78, 5) is 34.3. The molecule has 1 rings (SSSR count). The lowest BCUT2D eigenvalue weighted by Gasteiger charge is -2.27. The summed E-state index contributed by atoms with van der Waals surface area (Å²) in [6, 6.07) is -1.05. The molecule has 0 bridgehead atoms. The Kier molecular flexibility index (Phi) is 7.14. The van der Waals surface area contributed by atoms with Gasteiger partial charge >= 0.3 is 11.9 Å². The molecular weight excluding hydrogens is 276 g/mol. The van der Waals surface area contributed by atoms with Crippen LogP contribution in [0.25, 0.3) is 0 Å². The van der Waals surface area contributed by atoms with Gasteiger partial charge in [0, 0.05) is 12.3 Å². The summed E-state index contributed by atoms with van der Waals surface area (Å²) in [7, 11) is 1.24. The number of aliphatic carboxylic acids is 1. The lowest BCUT2D eigenvalue weighted by molar-refractivity contribution is -0.144. The summed E-state index contributed by atoms with van der Waals surface area (Å²) in [5.41, 5.74) is 5.60. The Hall–Kier alpha value is -1.63. The van der Waals surface area contributed by atoms with Crippen LogP contribution in [-0.2, 0) is 19.1 Å². The molecule has 0 aromatic rings. The van der Waals surface area contributed by atoms with Crippen LogP contribution in [0.1, 0.15) is 38.5 Å². The van der Waals surface area contributed by atoms with Crippen LogP contribution in [0, 0.1) is 11.8 Å². The van der Waals surface area contributed by atoms with Crippen LogP contribution in [0.2, 0.25) is 0 Å². The molecule has 4 N–H and O–H groups in total. The first-order valence-corrected chi connectivity index (χ1v) is 7.28. The number of ether oxygens (including phenoxy) is 1. The van der Waals surface area contributed by atoms with Gasteiger partial charge in [-0.1, -0.05) is 0 Å². The minimum Gasteiger partial charge on any atom is -0.480 e. The third-order valence-corrected chi connectivity index (χ3v) is 4.03.